The predicted octanol–water partition coefficient (Wildman–Crippen LogP) is 1.75. The minimum Gasteiger partial charge on any atom is -0.484 e. The van der Waals surface area contributed by atoms with Crippen LogP contribution in [0.15, 0.2) is 48.5 Å². The van der Waals surface area contributed by atoms with Crippen LogP contribution in [-0.4, -0.2) is 30.3 Å². The van der Waals surface area contributed by atoms with Crippen LogP contribution in [0.1, 0.15) is 29.8 Å². The van der Waals surface area contributed by atoms with Crippen molar-refractivity contribution >= 4 is 17.6 Å². The van der Waals surface area contributed by atoms with E-state index >= 15 is 0 Å². The van der Waals surface area contributed by atoms with Crippen LogP contribution in [-0.2, 0) is 9.59 Å². The Bertz CT molecular complexity index is 886. The van der Waals surface area contributed by atoms with Gasteiger partial charge in [0, 0.05) is 5.56 Å². The molecule has 0 aliphatic heterocycles. The van der Waals surface area contributed by atoms with Crippen molar-refractivity contribution in [3.05, 3.63) is 59.7 Å². The maximum Gasteiger partial charge on any atom is 0.279 e. The molecule has 1 unspecified atom stereocenters. The Morgan fingerprint density at radius 1 is 1.00 bits per heavy atom. The molecule has 28 heavy (non-hydrogen) atoms. The minimum absolute atomic E-state index is 0.0664. The van der Waals surface area contributed by atoms with Crippen LogP contribution in [0.4, 0.5) is 0 Å². The molecule has 8 nitrogen and oxygen atoms in total. The predicted molar refractivity (Wildman–Crippen MR) is 99.5 cm³/mol. The van der Waals surface area contributed by atoms with Crippen molar-refractivity contribution in [1.82, 2.24) is 10.9 Å². The van der Waals surface area contributed by atoms with Crippen molar-refractivity contribution in [2.75, 3.05) is 6.61 Å². The van der Waals surface area contributed by atoms with Crippen molar-refractivity contribution < 1.29 is 23.9 Å². The number of Topliss-reactive ketones (excluding diaryl/α,β-unsaturated/α-hetero) is 1. The van der Waals surface area contributed by atoms with Crippen LogP contribution in [0.2, 0.25) is 0 Å². The number of nitriles is 1. The lowest BCUT2D eigenvalue weighted by atomic mass is 10.1. The van der Waals surface area contributed by atoms with E-state index in [0.29, 0.717) is 22.6 Å². The molecule has 0 saturated carbocycles. The highest BCUT2D eigenvalue weighted by Gasteiger charge is 2.15. The zero-order valence-electron chi connectivity index (χ0n) is 15.4. The number of amides is 2. The smallest absolute Gasteiger partial charge is 0.279 e. The summed E-state index contributed by atoms with van der Waals surface area (Å²) in [5.74, 6) is -0.337. The lowest BCUT2D eigenvalue weighted by Crippen LogP contribution is -2.48. The second-order valence-electron chi connectivity index (χ2n) is 5.80. The van der Waals surface area contributed by atoms with Crippen molar-refractivity contribution in [3.63, 3.8) is 0 Å². The molecular weight excluding hydrogens is 362 g/mol. The van der Waals surface area contributed by atoms with E-state index in [1.165, 1.54) is 13.8 Å². The van der Waals surface area contributed by atoms with Gasteiger partial charge in [0.05, 0.1) is 11.6 Å². The van der Waals surface area contributed by atoms with Crippen molar-refractivity contribution in [2.45, 2.75) is 20.0 Å². The van der Waals surface area contributed by atoms with Crippen molar-refractivity contribution in [2.24, 2.45) is 0 Å². The summed E-state index contributed by atoms with van der Waals surface area (Å²) in [5, 5.41) is 8.72. The third-order valence-corrected chi connectivity index (χ3v) is 3.62. The van der Waals surface area contributed by atoms with Gasteiger partial charge >= 0.3 is 0 Å². The Labute approximate surface area is 162 Å². The lowest BCUT2D eigenvalue weighted by Gasteiger charge is -2.15. The molecule has 0 fully saturated rings. The number of hydrogen-bond donors (Lipinski definition) is 2. The van der Waals surface area contributed by atoms with E-state index in [-0.39, 0.29) is 12.4 Å². The molecule has 2 aromatic rings. The van der Waals surface area contributed by atoms with Gasteiger partial charge in [0.2, 0.25) is 0 Å². The number of hydrogen-bond acceptors (Lipinski definition) is 6. The molecular formula is C20H19N3O5. The summed E-state index contributed by atoms with van der Waals surface area (Å²) < 4.78 is 10.7. The first kappa shape index (κ1) is 20.5. The molecule has 0 heterocycles. The van der Waals surface area contributed by atoms with Gasteiger partial charge in [-0.1, -0.05) is 0 Å². The molecule has 1 atom stereocenters. The molecule has 0 aliphatic rings. The summed E-state index contributed by atoms with van der Waals surface area (Å²) in [6, 6.07) is 14.6. The standard InChI is InChI=1S/C20H19N3O5/c1-13(24)16-5-9-18(10-6-16)28-14(2)20(26)23-22-19(25)12-27-17-7-3-15(11-21)4-8-17/h3-10,14H,12H2,1-2H3,(H,22,25)(H,23,26). The maximum absolute atomic E-state index is 12.0. The number of rotatable bonds is 7. The number of benzene rings is 2. The Morgan fingerprint density at radius 2 is 1.61 bits per heavy atom. The first-order chi connectivity index (χ1) is 13.4. The molecule has 0 spiro atoms. The Morgan fingerprint density at radius 3 is 2.18 bits per heavy atom. The van der Waals surface area contributed by atoms with Gasteiger partial charge in [0.25, 0.3) is 11.8 Å². The summed E-state index contributed by atoms with van der Waals surface area (Å²) in [5.41, 5.74) is 5.49. The summed E-state index contributed by atoms with van der Waals surface area (Å²) in [7, 11) is 0. The molecule has 0 aromatic heterocycles. The molecule has 144 valence electrons. The number of ketones is 1. The second-order valence-corrected chi connectivity index (χ2v) is 5.80. The molecule has 0 aliphatic carbocycles. The van der Waals surface area contributed by atoms with E-state index in [0.717, 1.165) is 0 Å². The summed E-state index contributed by atoms with van der Waals surface area (Å²) >= 11 is 0. The molecule has 0 bridgehead atoms. The summed E-state index contributed by atoms with van der Waals surface area (Å²) in [6.07, 6.45) is -0.872. The van der Waals surface area contributed by atoms with Gasteiger partial charge in [-0.25, -0.2) is 0 Å². The molecule has 2 rings (SSSR count). The van der Waals surface area contributed by atoms with E-state index in [1.807, 2.05) is 6.07 Å². The van der Waals surface area contributed by atoms with E-state index in [4.69, 9.17) is 14.7 Å². The topological polar surface area (TPSA) is 118 Å². The first-order valence-electron chi connectivity index (χ1n) is 8.38. The number of carbonyl (C=O) groups is 3. The third-order valence-electron chi connectivity index (χ3n) is 3.62. The Balaban J connectivity index is 1.74. The van der Waals surface area contributed by atoms with E-state index in [1.54, 1.807) is 48.5 Å². The van der Waals surface area contributed by atoms with Crippen LogP contribution >= 0.6 is 0 Å². The quantitative estimate of drug-likeness (QED) is 0.557. The monoisotopic (exact) mass is 381 g/mol. The molecule has 2 aromatic carbocycles. The highest BCUT2D eigenvalue weighted by molar-refractivity contribution is 5.94. The molecule has 8 heteroatoms. The normalized spacial score (nSPS) is 10.9. The zero-order valence-corrected chi connectivity index (χ0v) is 15.4. The van der Waals surface area contributed by atoms with Crippen LogP contribution in [0.5, 0.6) is 11.5 Å². The minimum atomic E-state index is -0.872. The Hall–Kier alpha value is -3.86. The number of hydrazine groups is 1. The van der Waals surface area contributed by atoms with Gasteiger partial charge in [-0.2, -0.15) is 5.26 Å². The summed E-state index contributed by atoms with van der Waals surface area (Å²) in [6.45, 7) is 2.67. The number of ether oxygens (including phenoxy) is 2. The molecule has 2 amide bonds. The maximum atomic E-state index is 12.0. The second kappa shape index (κ2) is 9.73. The zero-order chi connectivity index (χ0) is 20.5. The van der Waals surface area contributed by atoms with Gasteiger partial charge in [-0.05, 0) is 62.4 Å². The fraction of sp³-hybridized carbons (Fsp3) is 0.200. The van der Waals surface area contributed by atoms with Gasteiger partial charge in [0.1, 0.15) is 11.5 Å². The van der Waals surface area contributed by atoms with Gasteiger partial charge in [0.15, 0.2) is 18.5 Å². The fourth-order valence-corrected chi connectivity index (χ4v) is 2.07. The fourth-order valence-electron chi connectivity index (χ4n) is 2.07. The molecule has 0 saturated heterocycles. The van der Waals surface area contributed by atoms with E-state index in [2.05, 4.69) is 10.9 Å². The van der Waals surface area contributed by atoms with Crippen molar-refractivity contribution in [3.8, 4) is 17.6 Å². The molecule has 2 N–H and O–H groups in total. The SMILES string of the molecule is CC(=O)c1ccc(OC(C)C(=O)NNC(=O)COc2ccc(C#N)cc2)cc1. The highest BCUT2D eigenvalue weighted by atomic mass is 16.5. The van der Waals surface area contributed by atoms with E-state index in [9.17, 15) is 14.4 Å². The number of nitrogens with one attached hydrogen (secondary N) is 2. The largest absolute Gasteiger partial charge is 0.484 e. The van der Waals surface area contributed by atoms with Crippen molar-refractivity contribution in [1.29, 1.82) is 5.26 Å². The van der Waals surface area contributed by atoms with Gasteiger partial charge in [-0.3, -0.25) is 25.2 Å². The Kier molecular flexibility index (Phi) is 7.11. The highest BCUT2D eigenvalue weighted by Crippen LogP contribution is 2.14. The van der Waals surface area contributed by atoms with Crippen LogP contribution in [0, 0.1) is 11.3 Å². The van der Waals surface area contributed by atoms with Crippen LogP contribution in [0.25, 0.3) is 0 Å². The third kappa shape index (κ3) is 6.14. The van der Waals surface area contributed by atoms with Crippen LogP contribution in [0.3, 0.4) is 0 Å². The van der Waals surface area contributed by atoms with Gasteiger partial charge < -0.3 is 9.47 Å². The lowest BCUT2D eigenvalue weighted by molar-refractivity contribution is -0.133. The summed E-state index contributed by atoms with van der Waals surface area (Å²) in [4.78, 5) is 35.0. The van der Waals surface area contributed by atoms with Crippen LogP contribution < -0.4 is 20.3 Å². The number of nitrogens with zero attached hydrogens (tertiary/aromatic N) is 1. The first-order valence-corrected chi connectivity index (χ1v) is 8.38. The molecule has 0 radical (unpaired) electrons. The van der Waals surface area contributed by atoms with Gasteiger partial charge in [-0.15, -0.1) is 0 Å². The number of carbonyl (C=O) groups excluding carboxylic acids is 3. The van der Waals surface area contributed by atoms with E-state index < -0.39 is 17.9 Å². The average Bonchev–Trinajstić information content (AvgIpc) is 2.71. The average molecular weight is 381 g/mol.